The van der Waals surface area contributed by atoms with Crippen LogP contribution in [-0.2, 0) is 11.3 Å². The normalized spacial score (nSPS) is 21.8. The molecule has 1 aliphatic rings. The van der Waals surface area contributed by atoms with Crippen LogP contribution in [0.25, 0.3) is 0 Å². The highest BCUT2D eigenvalue weighted by atomic mass is 32.1. The van der Waals surface area contributed by atoms with Gasteiger partial charge in [-0.3, -0.25) is 4.90 Å². The minimum Gasteiger partial charge on any atom is -0.383 e. The van der Waals surface area contributed by atoms with Gasteiger partial charge in [0.2, 0.25) is 0 Å². The van der Waals surface area contributed by atoms with E-state index in [-0.39, 0.29) is 0 Å². The fourth-order valence-electron chi connectivity index (χ4n) is 2.99. The van der Waals surface area contributed by atoms with E-state index in [1.165, 1.54) is 36.6 Å². The zero-order valence-corrected chi connectivity index (χ0v) is 13.9. The molecule has 0 aliphatic carbocycles. The van der Waals surface area contributed by atoms with Crippen LogP contribution in [0.1, 0.15) is 23.9 Å². The van der Waals surface area contributed by atoms with Crippen LogP contribution < -0.4 is 0 Å². The largest absolute Gasteiger partial charge is 0.383 e. The lowest BCUT2D eigenvalue weighted by molar-refractivity contribution is 0.111. The highest BCUT2D eigenvalue weighted by Crippen LogP contribution is 2.21. The number of aryl methyl sites for hydroxylation is 1. The van der Waals surface area contributed by atoms with Crippen molar-refractivity contribution >= 4 is 11.3 Å². The van der Waals surface area contributed by atoms with Crippen molar-refractivity contribution in [3.63, 3.8) is 0 Å². The van der Waals surface area contributed by atoms with Crippen LogP contribution in [0.5, 0.6) is 0 Å². The summed E-state index contributed by atoms with van der Waals surface area (Å²) in [5.74, 6) is 0.785. The standard InChI is InChI=1S/C15H27N3OS/c1-12(10-19-4)18-6-5-14(8-18)7-17(3)9-15-13(2)16-11-20-15/h11-12,14H,5-10H2,1-4H3. The van der Waals surface area contributed by atoms with Gasteiger partial charge in [0.05, 0.1) is 17.8 Å². The second-order valence-corrected chi connectivity index (χ2v) is 6.95. The van der Waals surface area contributed by atoms with Crippen molar-refractivity contribution in [3.05, 3.63) is 16.1 Å². The lowest BCUT2D eigenvalue weighted by Gasteiger charge is -2.25. The summed E-state index contributed by atoms with van der Waals surface area (Å²) in [7, 11) is 4.01. The van der Waals surface area contributed by atoms with Crippen molar-refractivity contribution in [1.82, 2.24) is 14.8 Å². The molecule has 0 radical (unpaired) electrons. The molecule has 2 heterocycles. The summed E-state index contributed by atoms with van der Waals surface area (Å²) in [5, 5.41) is 0. The lowest BCUT2D eigenvalue weighted by Crippen LogP contribution is -2.35. The van der Waals surface area contributed by atoms with Crippen molar-refractivity contribution < 1.29 is 4.74 Å². The van der Waals surface area contributed by atoms with E-state index >= 15 is 0 Å². The summed E-state index contributed by atoms with van der Waals surface area (Å²) in [6, 6.07) is 0.541. The van der Waals surface area contributed by atoms with Crippen LogP contribution in [0.2, 0.25) is 0 Å². The first kappa shape index (κ1) is 15.9. The Morgan fingerprint density at radius 1 is 1.60 bits per heavy atom. The number of thiazole rings is 1. The third-order valence-electron chi connectivity index (χ3n) is 4.18. The maximum atomic E-state index is 5.26. The molecule has 2 rings (SSSR count). The molecule has 0 aromatic carbocycles. The Hall–Kier alpha value is -0.490. The quantitative estimate of drug-likeness (QED) is 0.772. The lowest BCUT2D eigenvalue weighted by atomic mass is 10.1. The molecule has 0 amide bonds. The number of nitrogens with zero attached hydrogens (tertiary/aromatic N) is 3. The smallest absolute Gasteiger partial charge is 0.0798 e. The summed E-state index contributed by atoms with van der Waals surface area (Å²) >= 11 is 1.77. The van der Waals surface area contributed by atoms with Crippen LogP contribution >= 0.6 is 11.3 Å². The predicted molar refractivity (Wildman–Crippen MR) is 84.2 cm³/mol. The van der Waals surface area contributed by atoms with E-state index in [0.29, 0.717) is 6.04 Å². The van der Waals surface area contributed by atoms with E-state index in [1.807, 2.05) is 5.51 Å². The maximum absolute atomic E-state index is 5.26. The molecule has 1 aromatic rings. The van der Waals surface area contributed by atoms with E-state index in [0.717, 1.165) is 19.1 Å². The van der Waals surface area contributed by atoms with Gasteiger partial charge < -0.3 is 9.64 Å². The summed E-state index contributed by atoms with van der Waals surface area (Å²) in [4.78, 5) is 10.7. The first-order valence-corrected chi connectivity index (χ1v) is 8.28. The van der Waals surface area contributed by atoms with Gasteiger partial charge >= 0.3 is 0 Å². The highest BCUT2D eigenvalue weighted by molar-refractivity contribution is 7.09. The number of ether oxygens (including phenoxy) is 1. The molecule has 0 N–H and O–H groups in total. The van der Waals surface area contributed by atoms with Crippen molar-refractivity contribution in [2.75, 3.05) is 40.4 Å². The molecule has 114 valence electrons. The molecule has 5 heteroatoms. The summed E-state index contributed by atoms with van der Waals surface area (Å²) in [5.41, 5.74) is 3.13. The van der Waals surface area contributed by atoms with Crippen LogP contribution in [0.3, 0.4) is 0 Å². The summed E-state index contributed by atoms with van der Waals surface area (Å²) < 4.78 is 5.26. The van der Waals surface area contributed by atoms with E-state index in [1.54, 1.807) is 18.4 Å². The molecule has 2 unspecified atom stereocenters. The molecule has 0 saturated carbocycles. The molecule has 0 spiro atoms. The Kier molecular flexibility index (Phi) is 5.96. The Labute approximate surface area is 126 Å². The maximum Gasteiger partial charge on any atom is 0.0798 e. The average molecular weight is 297 g/mol. The SMILES string of the molecule is COCC(C)N1CCC(CN(C)Cc2scnc2C)C1. The predicted octanol–water partition coefficient (Wildman–Crippen LogP) is 2.24. The van der Waals surface area contributed by atoms with Crippen LogP contribution in [0.15, 0.2) is 5.51 Å². The Bertz CT molecular complexity index is 410. The highest BCUT2D eigenvalue weighted by Gasteiger charge is 2.26. The van der Waals surface area contributed by atoms with Gasteiger partial charge in [0.1, 0.15) is 0 Å². The van der Waals surface area contributed by atoms with Crippen molar-refractivity contribution in [3.8, 4) is 0 Å². The second-order valence-electron chi connectivity index (χ2n) is 6.01. The molecule has 1 saturated heterocycles. The van der Waals surface area contributed by atoms with Crippen molar-refractivity contribution in [2.24, 2.45) is 5.92 Å². The Morgan fingerprint density at radius 2 is 2.40 bits per heavy atom. The first-order chi connectivity index (χ1) is 9.60. The number of aromatic nitrogens is 1. The fourth-order valence-corrected chi connectivity index (χ4v) is 3.84. The van der Waals surface area contributed by atoms with Crippen molar-refractivity contribution in [2.45, 2.75) is 32.9 Å². The molecule has 1 aromatic heterocycles. The van der Waals surface area contributed by atoms with Crippen LogP contribution in [-0.4, -0.2) is 61.2 Å². The molecule has 0 bridgehead atoms. The molecule has 20 heavy (non-hydrogen) atoms. The molecule has 1 aliphatic heterocycles. The van der Waals surface area contributed by atoms with Gasteiger partial charge in [-0.15, -0.1) is 11.3 Å². The zero-order valence-electron chi connectivity index (χ0n) is 13.1. The van der Waals surface area contributed by atoms with Crippen molar-refractivity contribution in [1.29, 1.82) is 0 Å². The molecule has 4 nitrogen and oxygen atoms in total. The minimum absolute atomic E-state index is 0.541. The van der Waals surface area contributed by atoms with Gasteiger partial charge in [-0.05, 0) is 39.8 Å². The van der Waals surface area contributed by atoms with Crippen LogP contribution in [0.4, 0.5) is 0 Å². The first-order valence-electron chi connectivity index (χ1n) is 7.40. The Morgan fingerprint density at radius 3 is 3.05 bits per heavy atom. The summed E-state index contributed by atoms with van der Waals surface area (Å²) in [6.45, 7) is 9.82. The Balaban J connectivity index is 1.76. The topological polar surface area (TPSA) is 28.6 Å². The van der Waals surface area contributed by atoms with Gasteiger partial charge in [-0.2, -0.15) is 0 Å². The van der Waals surface area contributed by atoms with Gasteiger partial charge in [0.15, 0.2) is 0 Å². The van der Waals surface area contributed by atoms with E-state index in [4.69, 9.17) is 4.74 Å². The molecule has 2 atom stereocenters. The number of likely N-dealkylation sites (tertiary alicyclic amines) is 1. The monoisotopic (exact) mass is 297 g/mol. The third-order valence-corrected chi connectivity index (χ3v) is 5.10. The number of hydrogen-bond acceptors (Lipinski definition) is 5. The molecular formula is C15H27N3OS. The third kappa shape index (κ3) is 4.25. The van der Waals surface area contributed by atoms with Gasteiger partial charge in [0, 0.05) is 37.7 Å². The second kappa shape index (κ2) is 7.50. The minimum atomic E-state index is 0.541. The van der Waals surface area contributed by atoms with Gasteiger partial charge in [-0.25, -0.2) is 4.98 Å². The van der Waals surface area contributed by atoms with E-state index < -0.39 is 0 Å². The molecule has 1 fully saturated rings. The van der Waals surface area contributed by atoms with E-state index in [2.05, 4.69) is 35.7 Å². The van der Waals surface area contributed by atoms with E-state index in [9.17, 15) is 0 Å². The summed E-state index contributed by atoms with van der Waals surface area (Å²) in [6.07, 6.45) is 1.31. The van der Waals surface area contributed by atoms with Crippen LogP contribution in [0, 0.1) is 12.8 Å². The number of methoxy groups -OCH3 is 1. The average Bonchev–Trinajstić information content (AvgIpc) is 3.00. The van der Waals surface area contributed by atoms with Gasteiger partial charge in [0.25, 0.3) is 0 Å². The number of hydrogen-bond donors (Lipinski definition) is 0. The number of rotatable bonds is 7. The fraction of sp³-hybridized carbons (Fsp3) is 0.800. The zero-order chi connectivity index (χ0) is 14.5. The van der Waals surface area contributed by atoms with Gasteiger partial charge in [-0.1, -0.05) is 0 Å². The molecular weight excluding hydrogens is 270 g/mol.